The predicted molar refractivity (Wildman–Crippen MR) is 98.2 cm³/mol. The van der Waals surface area contributed by atoms with Gasteiger partial charge >= 0.3 is 6.09 Å². The molecule has 1 aromatic carbocycles. The Kier molecular flexibility index (Phi) is 5.92. The summed E-state index contributed by atoms with van der Waals surface area (Å²) in [6, 6.07) is 9.44. The second-order valence-corrected chi connectivity index (χ2v) is 7.99. The number of piperidine rings is 1. The Morgan fingerprint density at radius 1 is 1.33 bits per heavy atom. The molecule has 0 aliphatic carbocycles. The lowest BCUT2D eigenvalue weighted by molar-refractivity contribution is 0.00905. The number of hydrogen-bond donors (Lipinski definition) is 1. The van der Waals surface area contributed by atoms with Crippen molar-refractivity contribution >= 4 is 6.09 Å². The zero-order valence-corrected chi connectivity index (χ0v) is 15.9. The van der Waals surface area contributed by atoms with Gasteiger partial charge in [-0.1, -0.05) is 24.3 Å². The lowest BCUT2D eigenvalue weighted by Gasteiger charge is -2.39. The summed E-state index contributed by atoms with van der Waals surface area (Å²) in [6.45, 7) is 13.0. The van der Waals surface area contributed by atoms with Crippen LogP contribution in [0.3, 0.4) is 0 Å². The molecule has 1 aromatic rings. The first-order valence-corrected chi connectivity index (χ1v) is 8.98. The molecule has 134 valence electrons. The first kappa shape index (κ1) is 18.8. The highest BCUT2D eigenvalue weighted by Crippen LogP contribution is 2.24. The number of likely N-dealkylation sites (tertiary alicyclic amines) is 1. The molecular weight excluding hydrogens is 300 g/mol. The summed E-state index contributed by atoms with van der Waals surface area (Å²) in [6.07, 6.45) is 1.72. The molecule has 4 nitrogen and oxygen atoms in total. The molecule has 1 amide bonds. The van der Waals surface area contributed by atoms with Gasteiger partial charge in [0.05, 0.1) is 0 Å². The Morgan fingerprint density at radius 2 is 2.00 bits per heavy atom. The third-order valence-electron chi connectivity index (χ3n) is 4.64. The van der Waals surface area contributed by atoms with Crippen LogP contribution in [0, 0.1) is 6.92 Å². The number of rotatable bonds is 3. The fraction of sp³-hybridized carbons (Fsp3) is 0.650. The Balaban J connectivity index is 1.91. The zero-order valence-electron chi connectivity index (χ0n) is 15.9. The van der Waals surface area contributed by atoms with Gasteiger partial charge in [0.15, 0.2) is 0 Å². The summed E-state index contributed by atoms with van der Waals surface area (Å²) in [5.74, 6) is 0. The third kappa shape index (κ3) is 4.97. The SMILES string of the molecule is Cc1ccccc1C(C)NC1CCN(C(=O)OC(C)(C)C)C(C)C1. The number of hydrogen-bond acceptors (Lipinski definition) is 3. The zero-order chi connectivity index (χ0) is 17.9. The van der Waals surface area contributed by atoms with Crippen molar-refractivity contribution in [3.63, 3.8) is 0 Å². The number of nitrogens with zero attached hydrogens (tertiary/aromatic N) is 1. The van der Waals surface area contributed by atoms with Gasteiger partial charge < -0.3 is 15.0 Å². The predicted octanol–water partition coefficient (Wildman–Crippen LogP) is 4.43. The van der Waals surface area contributed by atoms with E-state index in [1.165, 1.54) is 11.1 Å². The van der Waals surface area contributed by atoms with Crippen LogP contribution >= 0.6 is 0 Å². The van der Waals surface area contributed by atoms with Gasteiger partial charge in [0.1, 0.15) is 5.60 Å². The highest BCUT2D eigenvalue weighted by atomic mass is 16.6. The van der Waals surface area contributed by atoms with Crippen molar-refractivity contribution in [2.24, 2.45) is 0 Å². The number of benzene rings is 1. The highest BCUT2D eigenvalue weighted by Gasteiger charge is 2.32. The number of nitrogens with one attached hydrogen (secondary N) is 1. The fourth-order valence-corrected chi connectivity index (χ4v) is 3.43. The standard InChI is InChI=1S/C20H32N2O2/c1-14-9-7-8-10-18(14)16(3)21-17-11-12-22(15(2)13-17)19(23)24-20(4,5)6/h7-10,15-17,21H,11-13H2,1-6H3. The van der Waals surface area contributed by atoms with Crippen LogP contribution in [-0.4, -0.2) is 35.2 Å². The molecule has 0 aromatic heterocycles. The Labute approximate surface area is 146 Å². The second kappa shape index (κ2) is 7.56. The van der Waals surface area contributed by atoms with E-state index in [0.29, 0.717) is 12.1 Å². The van der Waals surface area contributed by atoms with Crippen LogP contribution in [0.1, 0.15) is 64.6 Å². The molecule has 0 bridgehead atoms. The van der Waals surface area contributed by atoms with Gasteiger partial charge in [-0.05, 0) is 65.5 Å². The maximum Gasteiger partial charge on any atom is 0.410 e. The van der Waals surface area contributed by atoms with E-state index in [4.69, 9.17) is 4.74 Å². The normalized spacial score (nSPS) is 23.0. The quantitative estimate of drug-likeness (QED) is 0.890. The molecule has 1 aliphatic heterocycles. The topological polar surface area (TPSA) is 41.6 Å². The molecule has 1 heterocycles. The minimum Gasteiger partial charge on any atom is -0.444 e. The summed E-state index contributed by atoms with van der Waals surface area (Å²) < 4.78 is 5.52. The summed E-state index contributed by atoms with van der Waals surface area (Å²) in [5.41, 5.74) is 2.22. The third-order valence-corrected chi connectivity index (χ3v) is 4.64. The Bertz CT molecular complexity index is 565. The number of amides is 1. The van der Waals surface area contributed by atoms with Crippen LogP contribution in [0.4, 0.5) is 4.79 Å². The van der Waals surface area contributed by atoms with Crippen molar-refractivity contribution in [2.45, 2.75) is 78.1 Å². The van der Waals surface area contributed by atoms with Crippen LogP contribution in [0.15, 0.2) is 24.3 Å². The lowest BCUT2D eigenvalue weighted by atomic mass is 9.96. The molecule has 1 saturated heterocycles. The van der Waals surface area contributed by atoms with Crippen molar-refractivity contribution in [1.82, 2.24) is 10.2 Å². The summed E-state index contributed by atoms with van der Waals surface area (Å²) in [5, 5.41) is 3.74. The van der Waals surface area contributed by atoms with Crippen molar-refractivity contribution in [3.05, 3.63) is 35.4 Å². The molecule has 1 N–H and O–H groups in total. The van der Waals surface area contributed by atoms with Crippen LogP contribution < -0.4 is 5.32 Å². The van der Waals surface area contributed by atoms with Crippen LogP contribution in [-0.2, 0) is 4.74 Å². The molecule has 1 fully saturated rings. The molecule has 3 atom stereocenters. The van der Waals surface area contributed by atoms with Gasteiger partial charge in [0.2, 0.25) is 0 Å². The largest absolute Gasteiger partial charge is 0.444 e. The van der Waals surface area contributed by atoms with Gasteiger partial charge in [-0.2, -0.15) is 0 Å². The number of carbonyl (C=O) groups is 1. The van der Waals surface area contributed by atoms with E-state index in [2.05, 4.69) is 50.4 Å². The molecule has 1 aliphatic rings. The molecule has 0 saturated carbocycles. The maximum absolute atomic E-state index is 12.3. The van der Waals surface area contributed by atoms with Crippen LogP contribution in [0.2, 0.25) is 0 Å². The molecule has 2 rings (SSSR count). The number of ether oxygens (including phenoxy) is 1. The molecule has 3 unspecified atom stereocenters. The van der Waals surface area contributed by atoms with E-state index in [0.717, 1.165) is 19.4 Å². The van der Waals surface area contributed by atoms with Crippen molar-refractivity contribution in [2.75, 3.05) is 6.54 Å². The summed E-state index contributed by atoms with van der Waals surface area (Å²) in [4.78, 5) is 14.2. The van der Waals surface area contributed by atoms with Crippen molar-refractivity contribution in [3.8, 4) is 0 Å². The van der Waals surface area contributed by atoms with E-state index in [1.54, 1.807) is 0 Å². The van der Waals surface area contributed by atoms with E-state index < -0.39 is 5.60 Å². The van der Waals surface area contributed by atoms with Gasteiger partial charge in [-0.15, -0.1) is 0 Å². The summed E-state index contributed by atoms with van der Waals surface area (Å²) in [7, 11) is 0. The highest BCUT2D eigenvalue weighted by molar-refractivity contribution is 5.68. The fourth-order valence-electron chi connectivity index (χ4n) is 3.43. The lowest BCUT2D eigenvalue weighted by Crippen LogP contribution is -2.51. The molecule has 24 heavy (non-hydrogen) atoms. The molecule has 0 radical (unpaired) electrons. The van der Waals surface area contributed by atoms with E-state index in [9.17, 15) is 4.79 Å². The first-order chi connectivity index (χ1) is 11.2. The number of aryl methyl sites for hydroxylation is 1. The Morgan fingerprint density at radius 3 is 2.58 bits per heavy atom. The van der Waals surface area contributed by atoms with Crippen LogP contribution in [0.25, 0.3) is 0 Å². The minimum atomic E-state index is -0.439. The average molecular weight is 332 g/mol. The first-order valence-electron chi connectivity index (χ1n) is 8.98. The van der Waals surface area contributed by atoms with Gasteiger partial charge in [0.25, 0.3) is 0 Å². The molecular formula is C20H32N2O2. The van der Waals surface area contributed by atoms with Gasteiger partial charge in [-0.3, -0.25) is 0 Å². The van der Waals surface area contributed by atoms with Gasteiger partial charge in [-0.25, -0.2) is 4.79 Å². The van der Waals surface area contributed by atoms with Crippen molar-refractivity contribution in [1.29, 1.82) is 0 Å². The maximum atomic E-state index is 12.3. The second-order valence-electron chi connectivity index (χ2n) is 7.99. The van der Waals surface area contributed by atoms with Crippen molar-refractivity contribution < 1.29 is 9.53 Å². The smallest absolute Gasteiger partial charge is 0.410 e. The number of carbonyl (C=O) groups excluding carboxylic acids is 1. The Hall–Kier alpha value is -1.55. The van der Waals surface area contributed by atoms with Gasteiger partial charge in [0, 0.05) is 24.7 Å². The molecule has 4 heteroatoms. The van der Waals surface area contributed by atoms with E-state index >= 15 is 0 Å². The minimum absolute atomic E-state index is 0.190. The summed E-state index contributed by atoms with van der Waals surface area (Å²) >= 11 is 0. The van der Waals surface area contributed by atoms with Crippen LogP contribution in [0.5, 0.6) is 0 Å². The monoisotopic (exact) mass is 332 g/mol. The average Bonchev–Trinajstić information content (AvgIpc) is 2.45. The van der Waals surface area contributed by atoms with E-state index in [1.807, 2.05) is 25.7 Å². The molecule has 0 spiro atoms. The van der Waals surface area contributed by atoms with E-state index in [-0.39, 0.29) is 12.1 Å².